The SMILES string of the molecule is CC(=O)OCS(=O)(=O)c1ccc(-c2cc(C(=O)CCCO[Si](C)(C)C(C)(C)C)nn2C2CCCCC2)cc1. The second-order valence-corrected chi connectivity index (χ2v) is 18.4. The van der Waals surface area contributed by atoms with Gasteiger partial charge in [-0.15, -0.1) is 0 Å². The number of sulfone groups is 1. The Morgan fingerprint density at radius 1 is 1.08 bits per heavy atom. The average Bonchev–Trinajstić information content (AvgIpc) is 3.31. The Labute approximate surface area is 228 Å². The summed E-state index contributed by atoms with van der Waals surface area (Å²) in [5, 5.41) is 4.88. The summed E-state index contributed by atoms with van der Waals surface area (Å²) in [6, 6.07) is 8.48. The molecule has 3 rings (SSSR count). The lowest BCUT2D eigenvalue weighted by Crippen LogP contribution is -2.41. The van der Waals surface area contributed by atoms with Crippen molar-refractivity contribution in [1.82, 2.24) is 9.78 Å². The summed E-state index contributed by atoms with van der Waals surface area (Å²) in [4.78, 5) is 24.2. The van der Waals surface area contributed by atoms with Crippen LogP contribution >= 0.6 is 0 Å². The number of aromatic nitrogens is 2. The molecule has 10 heteroatoms. The van der Waals surface area contributed by atoms with Gasteiger partial charge in [-0.1, -0.05) is 52.2 Å². The zero-order valence-electron chi connectivity index (χ0n) is 23.6. The predicted octanol–water partition coefficient (Wildman–Crippen LogP) is 6.33. The number of hydrogen-bond acceptors (Lipinski definition) is 7. The summed E-state index contributed by atoms with van der Waals surface area (Å²) in [7, 11) is -5.61. The summed E-state index contributed by atoms with van der Waals surface area (Å²) in [6.45, 7) is 12.7. The van der Waals surface area contributed by atoms with E-state index in [-0.39, 0.29) is 21.8 Å². The fraction of sp³-hybridized carbons (Fsp3) is 0.607. The van der Waals surface area contributed by atoms with Gasteiger partial charge in [0.1, 0.15) is 5.69 Å². The van der Waals surface area contributed by atoms with E-state index in [1.807, 2.05) is 10.7 Å². The summed E-state index contributed by atoms with van der Waals surface area (Å²) in [6.07, 6.45) is 6.43. The highest BCUT2D eigenvalue weighted by Crippen LogP contribution is 2.37. The number of Topliss-reactive ketones (excluding diaryl/α,β-unsaturated/α-hetero) is 1. The second kappa shape index (κ2) is 12.3. The molecule has 8 nitrogen and oxygen atoms in total. The van der Waals surface area contributed by atoms with Crippen molar-refractivity contribution in [3.05, 3.63) is 36.0 Å². The quantitative estimate of drug-likeness (QED) is 0.136. The van der Waals surface area contributed by atoms with E-state index in [1.165, 1.54) is 25.5 Å². The van der Waals surface area contributed by atoms with Crippen molar-refractivity contribution in [3.63, 3.8) is 0 Å². The van der Waals surface area contributed by atoms with Gasteiger partial charge in [-0.25, -0.2) is 8.42 Å². The smallest absolute Gasteiger partial charge is 0.303 e. The molecule has 1 aliphatic carbocycles. The molecular formula is C28H42N2O6SSi. The van der Waals surface area contributed by atoms with Gasteiger partial charge in [-0.05, 0) is 61.2 Å². The third-order valence-corrected chi connectivity index (χ3v) is 13.6. The maximum absolute atomic E-state index is 13.1. The molecule has 0 bridgehead atoms. The number of hydrogen-bond donors (Lipinski definition) is 0. The third kappa shape index (κ3) is 7.63. The number of carbonyl (C=O) groups excluding carboxylic acids is 2. The lowest BCUT2D eigenvalue weighted by Gasteiger charge is -2.36. The largest absolute Gasteiger partial charge is 0.449 e. The topological polar surface area (TPSA) is 105 Å². The molecule has 0 spiro atoms. The molecule has 0 amide bonds. The molecule has 1 saturated carbocycles. The number of benzene rings is 1. The average molecular weight is 563 g/mol. The fourth-order valence-electron chi connectivity index (χ4n) is 4.32. The van der Waals surface area contributed by atoms with Crippen molar-refractivity contribution in [1.29, 1.82) is 0 Å². The van der Waals surface area contributed by atoms with Crippen LogP contribution in [-0.4, -0.2) is 50.8 Å². The van der Waals surface area contributed by atoms with Crippen molar-refractivity contribution in [2.24, 2.45) is 0 Å². The van der Waals surface area contributed by atoms with E-state index >= 15 is 0 Å². The Balaban J connectivity index is 1.78. The number of ether oxygens (including phenoxy) is 1. The van der Waals surface area contributed by atoms with Crippen LogP contribution < -0.4 is 0 Å². The minimum atomic E-state index is -3.75. The lowest BCUT2D eigenvalue weighted by atomic mass is 9.95. The Morgan fingerprint density at radius 2 is 1.71 bits per heavy atom. The zero-order valence-corrected chi connectivity index (χ0v) is 25.4. The van der Waals surface area contributed by atoms with Gasteiger partial charge in [-0.2, -0.15) is 5.10 Å². The number of nitrogens with zero attached hydrogens (tertiary/aromatic N) is 2. The molecule has 0 N–H and O–H groups in total. The van der Waals surface area contributed by atoms with E-state index in [9.17, 15) is 18.0 Å². The van der Waals surface area contributed by atoms with E-state index < -0.39 is 30.1 Å². The van der Waals surface area contributed by atoms with Crippen LogP contribution in [0.25, 0.3) is 11.3 Å². The van der Waals surface area contributed by atoms with Crippen molar-refractivity contribution >= 4 is 29.9 Å². The Bertz CT molecular complexity index is 1220. The number of esters is 1. The standard InChI is InChI=1S/C28H42N2O6SSi/c1-21(31)35-20-37(33,34)24-16-14-22(15-17-24)26-19-25(29-30(26)23-11-8-7-9-12-23)27(32)13-10-18-36-38(5,6)28(2,3)4/h14-17,19,23H,7-13,18,20H2,1-6H3. The first-order valence-corrected chi connectivity index (χ1v) is 18.0. The van der Waals surface area contributed by atoms with Crippen LogP contribution in [0.2, 0.25) is 18.1 Å². The molecule has 1 fully saturated rings. The molecule has 0 unspecified atom stereocenters. The van der Waals surface area contributed by atoms with Crippen LogP contribution in [0.3, 0.4) is 0 Å². The van der Waals surface area contributed by atoms with Crippen LogP contribution in [0, 0.1) is 0 Å². The summed E-state index contributed by atoms with van der Waals surface area (Å²) in [5.41, 5.74) is 2.03. The molecule has 1 aromatic carbocycles. The zero-order chi connectivity index (χ0) is 28.1. The van der Waals surface area contributed by atoms with Crippen molar-refractivity contribution in [3.8, 4) is 11.3 Å². The van der Waals surface area contributed by atoms with Gasteiger partial charge in [0, 0.05) is 20.0 Å². The van der Waals surface area contributed by atoms with E-state index in [0.717, 1.165) is 36.9 Å². The van der Waals surface area contributed by atoms with Gasteiger partial charge >= 0.3 is 5.97 Å². The number of rotatable bonds is 11. The first-order valence-electron chi connectivity index (χ1n) is 13.4. The minimum Gasteiger partial charge on any atom is -0.449 e. The number of carbonyl (C=O) groups is 2. The first kappa shape index (κ1) is 30.2. The molecule has 1 aliphatic rings. The van der Waals surface area contributed by atoms with E-state index in [0.29, 0.717) is 25.1 Å². The van der Waals surface area contributed by atoms with Gasteiger partial charge in [0.05, 0.1) is 16.6 Å². The normalized spacial score (nSPS) is 15.4. The van der Waals surface area contributed by atoms with Crippen LogP contribution in [0.5, 0.6) is 0 Å². The van der Waals surface area contributed by atoms with Crippen LogP contribution in [0.1, 0.15) is 89.2 Å². The van der Waals surface area contributed by atoms with Gasteiger partial charge < -0.3 is 9.16 Å². The third-order valence-electron chi connectivity index (χ3n) is 7.69. The monoisotopic (exact) mass is 562 g/mol. The van der Waals surface area contributed by atoms with Crippen molar-refractivity contribution in [2.75, 3.05) is 12.5 Å². The molecule has 0 radical (unpaired) electrons. The summed E-state index contributed by atoms with van der Waals surface area (Å²) in [5.74, 6) is -1.36. The maximum atomic E-state index is 13.1. The van der Waals surface area contributed by atoms with Crippen LogP contribution in [0.15, 0.2) is 35.2 Å². The lowest BCUT2D eigenvalue weighted by molar-refractivity contribution is -0.138. The molecule has 2 aromatic rings. The Kier molecular flexibility index (Phi) is 9.75. The Morgan fingerprint density at radius 3 is 2.29 bits per heavy atom. The van der Waals surface area contributed by atoms with E-state index in [1.54, 1.807) is 12.1 Å². The van der Waals surface area contributed by atoms with Gasteiger partial charge in [0.25, 0.3) is 0 Å². The molecule has 0 saturated heterocycles. The molecular weight excluding hydrogens is 520 g/mol. The van der Waals surface area contributed by atoms with Crippen LogP contribution in [0.4, 0.5) is 0 Å². The highest BCUT2D eigenvalue weighted by atomic mass is 32.2. The summed E-state index contributed by atoms with van der Waals surface area (Å²) < 4.78 is 37.9. The molecule has 38 heavy (non-hydrogen) atoms. The molecule has 0 atom stereocenters. The van der Waals surface area contributed by atoms with E-state index in [4.69, 9.17) is 14.3 Å². The highest BCUT2D eigenvalue weighted by Gasteiger charge is 2.37. The van der Waals surface area contributed by atoms with Crippen LogP contribution in [-0.2, 0) is 23.8 Å². The van der Waals surface area contributed by atoms with E-state index in [2.05, 4.69) is 33.9 Å². The molecule has 1 aromatic heterocycles. The minimum absolute atomic E-state index is 0.0137. The van der Waals surface area contributed by atoms with Gasteiger partial charge in [-0.3, -0.25) is 14.3 Å². The first-order chi connectivity index (χ1) is 17.7. The van der Waals surface area contributed by atoms with Gasteiger partial charge in [0.15, 0.2) is 20.0 Å². The Hall–Kier alpha value is -2.30. The molecule has 1 heterocycles. The predicted molar refractivity (Wildman–Crippen MR) is 150 cm³/mol. The number of ketones is 1. The van der Waals surface area contributed by atoms with Gasteiger partial charge in [0.2, 0.25) is 9.84 Å². The fourth-order valence-corrected chi connectivity index (χ4v) is 6.41. The van der Waals surface area contributed by atoms with Crippen molar-refractivity contribution in [2.45, 2.75) is 102 Å². The highest BCUT2D eigenvalue weighted by molar-refractivity contribution is 7.91. The summed E-state index contributed by atoms with van der Waals surface area (Å²) >= 11 is 0. The molecule has 0 aliphatic heterocycles. The van der Waals surface area contributed by atoms with Crippen molar-refractivity contribution < 1.29 is 27.2 Å². The molecule has 210 valence electrons. The maximum Gasteiger partial charge on any atom is 0.303 e. The second-order valence-electron chi connectivity index (χ2n) is 11.7.